The van der Waals surface area contributed by atoms with Gasteiger partial charge in [0.15, 0.2) is 12.2 Å². The van der Waals surface area contributed by atoms with Crippen molar-refractivity contribution in [2.24, 2.45) is 0 Å². The van der Waals surface area contributed by atoms with Crippen LogP contribution in [0.2, 0.25) is 0 Å². The maximum absolute atomic E-state index is 14.8. The van der Waals surface area contributed by atoms with E-state index in [1.54, 1.807) is 23.0 Å². The van der Waals surface area contributed by atoms with E-state index in [4.69, 9.17) is 15.3 Å². The van der Waals surface area contributed by atoms with E-state index in [1.807, 2.05) is 17.0 Å². The number of piperazine rings is 1. The van der Waals surface area contributed by atoms with Gasteiger partial charge in [-0.1, -0.05) is 36.9 Å². The summed E-state index contributed by atoms with van der Waals surface area (Å²) in [6.45, 7) is 6.26. The fraction of sp³-hybridized carbons (Fsp3) is 0.290. The summed E-state index contributed by atoms with van der Waals surface area (Å²) in [5.41, 5.74) is 2.62. The molecule has 3 aromatic heterocycles. The van der Waals surface area contributed by atoms with Crippen LogP contribution >= 0.6 is 0 Å². The number of aromatic nitrogens is 3. The number of halogens is 1. The first-order chi connectivity index (χ1) is 21.2. The number of nitrogens with zero attached hydrogens (tertiary/aromatic N) is 6. The van der Waals surface area contributed by atoms with Crippen molar-refractivity contribution in [2.75, 3.05) is 37.6 Å². The first-order valence-corrected chi connectivity index (χ1v) is 14.1. The Morgan fingerprint density at radius 2 is 1.50 bits per heavy atom. The molecule has 17 heteroatoms. The molecule has 0 amide bonds. The number of pyridine rings is 3. The van der Waals surface area contributed by atoms with Gasteiger partial charge < -0.3 is 56.6 Å². The van der Waals surface area contributed by atoms with E-state index in [1.165, 1.54) is 12.3 Å². The number of anilines is 1. The summed E-state index contributed by atoms with van der Waals surface area (Å²) in [7, 11) is 0. The average Bonchev–Trinajstić information content (AvgIpc) is 3.87. The number of carbonyl (C=O) groups excluding carboxylic acids is 1. The fourth-order valence-electron chi connectivity index (χ4n) is 5.39. The molecule has 5 aromatic rings. The van der Waals surface area contributed by atoms with Gasteiger partial charge in [0, 0.05) is 73.6 Å². The zero-order chi connectivity index (χ0) is 31.4. The Kier molecular flexibility index (Phi) is 15.4. The Hall–Kier alpha value is -4.77. The molecule has 0 bridgehead atoms. The largest absolute Gasteiger partial charge is 2.00 e. The van der Waals surface area contributed by atoms with E-state index in [2.05, 4.69) is 46.1 Å². The second-order valence-electron chi connectivity index (χ2n) is 10.5. The maximum atomic E-state index is 14.8. The van der Waals surface area contributed by atoms with Gasteiger partial charge in [-0.15, -0.1) is 0 Å². The zero-order valence-corrected chi connectivity index (χ0v) is 26.7. The smallest absolute Gasteiger partial charge is 0.871 e. The predicted molar refractivity (Wildman–Crippen MR) is 170 cm³/mol. The van der Waals surface area contributed by atoms with Gasteiger partial charge in [-0.25, -0.2) is 4.39 Å². The monoisotopic (exact) mass is 718 g/mol. The van der Waals surface area contributed by atoms with Crippen molar-refractivity contribution in [1.29, 1.82) is 0 Å². The van der Waals surface area contributed by atoms with Gasteiger partial charge in [0.2, 0.25) is 5.52 Å². The van der Waals surface area contributed by atoms with Gasteiger partial charge in [-0.3, -0.25) is 9.97 Å². The Labute approximate surface area is 284 Å². The normalized spacial score (nSPS) is 13.7. The SMILES string of the molecule is CCN1CCN(c2cc3c(cc2F)c([O-])c(C(=O)[O-])c[n+]3C2CC2)CC1.O.O.O=[N+]([O-])[O-].[Cu+2].[OH3+].c1cnc2c(c1)ccc1cccnc12. The quantitative estimate of drug-likeness (QED) is 0.0606. The standard InChI is InChI=1S/C19H22FN3O3.C12H8N2.Cu.NO3.3H2O/c1-2-21-5-7-22(8-6-21)17-10-16-13(9-15(17)20)18(24)14(19(25)26)11-23(16)12-3-4-12;1-3-9-5-6-10-4-2-8-14-12(10)11(9)13-7-1;;2-1(3)4;;;/h9-12H,2-8H2,1H3,(H,25,26);1-8H;;;3*1H2/q;;+2;-1;;;. The van der Waals surface area contributed by atoms with Gasteiger partial charge in [0.05, 0.1) is 33.3 Å². The van der Waals surface area contributed by atoms with Crippen molar-refractivity contribution in [3.05, 3.63) is 93.8 Å². The molecule has 1 saturated heterocycles. The second-order valence-corrected chi connectivity index (χ2v) is 10.5. The minimum atomic E-state index is -1.75. The molecule has 261 valence electrons. The maximum Gasteiger partial charge on any atom is 2.00 e. The van der Waals surface area contributed by atoms with Gasteiger partial charge >= 0.3 is 17.1 Å². The van der Waals surface area contributed by atoms with Crippen LogP contribution in [0.25, 0.3) is 32.7 Å². The van der Waals surface area contributed by atoms with Crippen LogP contribution in [0.4, 0.5) is 10.1 Å². The Morgan fingerprint density at radius 3 is 1.96 bits per heavy atom. The summed E-state index contributed by atoms with van der Waals surface area (Å²) in [5, 5.41) is 40.9. The summed E-state index contributed by atoms with van der Waals surface area (Å²) in [4.78, 5) is 32.5. The van der Waals surface area contributed by atoms with Crippen molar-refractivity contribution in [1.82, 2.24) is 14.9 Å². The van der Waals surface area contributed by atoms with Gasteiger partial charge in [-0.2, -0.15) is 4.57 Å². The van der Waals surface area contributed by atoms with Crippen LogP contribution < -0.4 is 19.7 Å². The van der Waals surface area contributed by atoms with E-state index in [0.29, 0.717) is 11.2 Å². The average molecular weight is 719 g/mol. The third-order valence-electron chi connectivity index (χ3n) is 7.77. The van der Waals surface area contributed by atoms with Crippen LogP contribution in [0.5, 0.6) is 5.75 Å². The number of benzene rings is 2. The van der Waals surface area contributed by atoms with Crippen molar-refractivity contribution >= 4 is 44.4 Å². The van der Waals surface area contributed by atoms with Crippen LogP contribution in [0, 0.1) is 21.1 Å². The molecule has 7 rings (SSSR count). The van der Waals surface area contributed by atoms with E-state index in [9.17, 15) is 19.4 Å². The molecule has 15 nitrogen and oxygen atoms in total. The Bertz CT molecular complexity index is 1800. The van der Waals surface area contributed by atoms with Gasteiger partial charge in [0.1, 0.15) is 5.82 Å². The van der Waals surface area contributed by atoms with Crippen molar-refractivity contribution in [3.63, 3.8) is 0 Å². The molecule has 2 aliphatic rings. The number of rotatable bonds is 4. The summed E-state index contributed by atoms with van der Waals surface area (Å²) in [6.07, 6.45) is 6.81. The summed E-state index contributed by atoms with van der Waals surface area (Å²) >= 11 is 0. The number of aromatic carboxylic acids is 1. The summed E-state index contributed by atoms with van der Waals surface area (Å²) in [5.74, 6) is -2.69. The van der Waals surface area contributed by atoms with Crippen LogP contribution in [-0.2, 0) is 22.5 Å². The van der Waals surface area contributed by atoms with Crippen LogP contribution in [0.3, 0.4) is 0 Å². The molecule has 2 aromatic carbocycles. The van der Waals surface area contributed by atoms with Crippen LogP contribution in [0.15, 0.2) is 67.1 Å². The van der Waals surface area contributed by atoms with E-state index >= 15 is 0 Å². The molecule has 1 radical (unpaired) electrons. The molecule has 1 saturated carbocycles. The Morgan fingerprint density at radius 1 is 0.979 bits per heavy atom. The van der Waals surface area contributed by atoms with Crippen molar-refractivity contribution < 1.29 is 62.5 Å². The zero-order valence-electron chi connectivity index (χ0n) is 25.8. The van der Waals surface area contributed by atoms with E-state index in [0.717, 1.165) is 67.4 Å². The molecular formula is C31H36CuFN6O9+. The number of hydrogen-bond donors (Lipinski definition) is 0. The van der Waals surface area contributed by atoms with Crippen LogP contribution in [-0.4, -0.2) is 69.6 Å². The third kappa shape index (κ3) is 9.19. The van der Waals surface area contributed by atoms with Gasteiger partial charge in [-0.05, 0) is 24.7 Å². The number of carboxylic acid groups (broad SMARTS) is 1. The van der Waals surface area contributed by atoms with Gasteiger partial charge in [0.25, 0.3) is 0 Å². The minimum Gasteiger partial charge on any atom is -0.871 e. The molecule has 0 atom stereocenters. The minimum absolute atomic E-state index is 0. The Balaban J connectivity index is 0.000000446. The van der Waals surface area contributed by atoms with E-state index in [-0.39, 0.29) is 44.9 Å². The predicted octanol–water partition coefficient (Wildman–Crippen LogP) is 0.150. The number of carboxylic acids is 1. The molecule has 0 spiro atoms. The first-order valence-electron chi connectivity index (χ1n) is 14.1. The van der Waals surface area contributed by atoms with Crippen molar-refractivity contribution in [2.45, 2.75) is 25.8 Å². The molecule has 4 heterocycles. The fourth-order valence-corrected chi connectivity index (χ4v) is 5.39. The number of hydrogen-bond acceptors (Lipinski definition) is 10. The number of likely N-dealkylation sites (N-methyl/N-ethyl adjacent to an activating group) is 1. The summed E-state index contributed by atoms with van der Waals surface area (Å²) in [6, 6.07) is 15.2. The first kappa shape index (κ1) is 41.3. The molecule has 1 aliphatic heterocycles. The van der Waals surface area contributed by atoms with E-state index < -0.39 is 28.2 Å². The molecule has 2 fully saturated rings. The molecular weight excluding hydrogens is 683 g/mol. The molecule has 48 heavy (non-hydrogen) atoms. The number of fused-ring (bicyclic) bond motifs is 4. The molecule has 0 unspecified atom stereocenters. The van der Waals surface area contributed by atoms with Crippen LogP contribution in [0.1, 0.15) is 36.2 Å². The molecule has 7 N–H and O–H groups in total. The third-order valence-corrected chi connectivity index (χ3v) is 7.77. The van der Waals surface area contributed by atoms with Crippen molar-refractivity contribution in [3.8, 4) is 5.75 Å². The number of carbonyl (C=O) groups is 1. The summed E-state index contributed by atoms with van der Waals surface area (Å²) < 4.78 is 16.6. The molecule has 1 aliphatic carbocycles. The second kappa shape index (κ2) is 18.0. The topological polar surface area (TPSA) is 262 Å².